The number of fused-ring (bicyclic) bond motifs is 1. The first-order valence-corrected chi connectivity index (χ1v) is 6.43. The molecule has 1 aromatic rings. The van der Waals surface area contributed by atoms with Crippen LogP contribution in [-0.4, -0.2) is 31.5 Å². The van der Waals surface area contributed by atoms with Gasteiger partial charge in [-0.15, -0.1) is 0 Å². The maximum Gasteiger partial charge on any atom is 0.124 e. The molecule has 0 saturated heterocycles. The highest BCUT2D eigenvalue weighted by atomic mass is 16.5. The second kappa shape index (κ2) is 6.07. The van der Waals surface area contributed by atoms with Crippen molar-refractivity contribution >= 4 is 0 Å². The molecular formula is C14H21NO3. The van der Waals surface area contributed by atoms with Gasteiger partial charge in [0.25, 0.3) is 0 Å². The van der Waals surface area contributed by atoms with Crippen molar-refractivity contribution in [3.63, 3.8) is 0 Å². The highest BCUT2D eigenvalue weighted by Gasteiger charge is 2.20. The number of rotatable bonds is 4. The monoisotopic (exact) mass is 251 g/mol. The van der Waals surface area contributed by atoms with E-state index in [1.165, 1.54) is 0 Å². The molecule has 0 fully saturated rings. The van der Waals surface area contributed by atoms with Crippen molar-refractivity contribution in [3.05, 3.63) is 23.8 Å². The summed E-state index contributed by atoms with van der Waals surface area (Å²) in [7, 11) is 1.66. The Balaban J connectivity index is 2.21. The van der Waals surface area contributed by atoms with Gasteiger partial charge in [-0.25, -0.2) is 0 Å². The molecule has 100 valence electrons. The molecule has 2 rings (SSSR count). The van der Waals surface area contributed by atoms with Gasteiger partial charge in [0.05, 0.1) is 19.8 Å². The largest absolute Gasteiger partial charge is 0.497 e. The molecule has 0 amide bonds. The Bertz CT molecular complexity index is 393. The number of benzene rings is 1. The predicted molar refractivity (Wildman–Crippen MR) is 70.1 cm³/mol. The van der Waals surface area contributed by atoms with E-state index in [2.05, 4.69) is 5.32 Å². The fraction of sp³-hybridized carbons (Fsp3) is 0.571. The fourth-order valence-corrected chi connectivity index (χ4v) is 2.21. The summed E-state index contributed by atoms with van der Waals surface area (Å²) in [6.07, 6.45) is 1.67. The van der Waals surface area contributed by atoms with Crippen LogP contribution in [0, 0.1) is 0 Å². The van der Waals surface area contributed by atoms with E-state index in [4.69, 9.17) is 9.47 Å². The number of hydrogen-bond donors (Lipinski definition) is 2. The van der Waals surface area contributed by atoms with Crippen molar-refractivity contribution in [2.24, 2.45) is 0 Å². The molecule has 1 aliphatic rings. The fourth-order valence-electron chi connectivity index (χ4n) is 2.21. The number of ether oxygens (including phenoxy) is 2. The van der Waals surface area contributed by atoms with Crippen molar-refractivity contribution in [1.82, 2.24) is 5.32 Å². The molecule has 0 saturated carbocycles. The van der Waals surface area contributed by atoms with E-state index in [-0.39, 0.29) is 12.1 Å². The maximum absolute atomic E-state index is 9.38. The molecule has 4 heteroatoms. The first-order valence-electron chi connectivity index (χ1n) is 6.43. The van der Waals surface area contributed by atoms with Gasteiger partial charge in [-0.1, -0.05) is 0 Å². The smallest absolute Gasteiger partial charge is 0.124 e. The standard InChI is InChI=1S/C14H21NO3/c1-10(16)9-15-13-4-3-7-18-14-6-5-11(17-2)8-12(13)14/h5-6,8,10,13,15-16H,3-4,7,9H2,1-2H3. The molecular weight excluding hydrogens is 230 g/mol. The zero-order valence-corrected chi connectivity index (χ0v) is 11.0. The summed E-state index contributed by atoms with van der Waals surface area (Å²) < 4.78 is 11.0. The zero-order chi connectivity index (χ0) is 13.0. The van der Waals surface area contributed by atoms with Crippen molar-refractivity contribution in [1.29, 1.82) is 0 Å². The van der Waals surface area contributed by atoms with Crippen LogP contribution in [0.1, 0.15) is 31.4 Å². The zero-order valence-electron chi connectivity index (χ0n) is 11.0. The van der Waals surface area contributed by atoms with Crippen LogP contribution < -0.4 is 14.8 Å². The Kier molecular flexibility index (Phi) is 4.44. The van der Waals surface area contributed by atoms with E-state index >= 15 is 0 Å². The molecule has 18 heavy (non-hydrogen) atoms. The molecule has 2 N–H and O–H groups in total. The minimum absolute atomic E-state index is 0.215. The molecule has 2 unspecified atom stereocenters. The van der Waals surface area contributed by atoms with E-state index in [1.807, 2.05) is 18.2 Å². The predicted octanol–water partition coefficient (Wildman–Crippen LogP) is 1.88. The lowest BCUT2D eigenvalue weighted by Crippen LogP contribution is -2.28. The van der Waals surface area contributed by atoms with Gasteiger partial charge in [0.15, 0.2) is 0 Å². The average Bonchev–Trinajstić information content (AvgIpc) is 2.57. The van der Waals surface area contributed by atoms with Gasteiger partial charge in [-0.05, 0) is 38.0 Å². The summed E-state index contributed by atoms with van der Waals surface area (Å²) >= 11 is 0. The number of aliphatic hydroxyl groups excluding tert-OH is 1. The lowest BCUT2D eigenvalue weighted by atomic mass is 10.0. The van der Waals surface area contributed by atoms with Crippen molar-refractivity contribution in [2.45, 2.75) is 31.9 Å². The highest BCUT2D eigenvalue weighted by molar-refractivity contribution is 5.42. The number of aliphatic hydroxyl groups is 1. The van der Waals surface area contributed by atoms with Crippen LogP contribution in [0.5, 0.6) is 11.5 Å². The summed E-state index contributed by atoms with van der Waals surface area (Å²) in [6, 6.07) is 6.10. The van der Waals surface area contributed by atoms with Gasteiger partial charge in [0.1, 0.15) is 11.5 Å². The summed E-state index contributed by atoms with van der Waals surface area (Å²) in [6.45, 7) is 3.11. The van der Waals surface area contributed by atoms with Gasteiger partial charge in [-0.3, -0.25) is 0 Å². The molecule has 0 radical (unpaired) electrons. The third kappa shape index (κ3) is 3.15. The maximum atomic E-state index is 9.38. The Morgan fingerprint density at radius 2 is 2.39 bits per heavy atom. The van der Waals surface area contributed by atoms with Crippen molar-refractivity contribution in [3.8, 4) is 11.5 Å². The van der Waals surface area contributed by atoms with E-state index in [1.54, 1.807) is 14.0 Å². The molecule has 0 spiro atoms. The number of nitrogens with one attached hydrogen (secondary N) is 1. The van der Waals surface area contributed by atoms with Crippen molar-refractivity contribution in [2.75, 3.05) is 20.3 Å². The number of hydrogen-bond acceptors (Lipinski definition) is 4. The van der Waals surface area contributed by atoms with Crippen LogP contribution in [0.2, 0.25) is 0 Å². The number of methoxy groups -OCH3 is 1. The van der Waals surface area contributed by atoms with Gasteiger partial charge in [-0.2, -0.15) is 0 Å². The third-order valence-electron chi connectivity index (χ3n) is 3.15. The van der Waals surface area contributed by atoms with Crippen molar-refractivity contribution < 1.29 is 14.6 Å². The first-order chi connectivity index (χ1) is 8.70. The van der Waals surface area contributed by atoms with Crippen LogP contribution in [0.25, 0.3) is 0 Å². The van der Waals surface area contributed by atoms with Crippen LogP contribution in [-0.2, 0) is 0 Å². The second-order valence-electron chi connectivity index (χ2n) is 4.70. The van der Waals surface area contributed by atoms with Gasteiger partial charge < -0.3 is 19.9 Å². The van der Waals surface area contributed by atoms with E-state index in [0.717, 1.165) is 36.5 Å². The summed E-state index contributed by atoms with van der Waals surface area (Å²) in [5.74, 6) is 1.75. The molecule has 1 heterocycles. The molecule has 0 aromatic heterocycles. The van der Waals surface area contributed by atoms with Gasteiger partial charge in [0, 0.05) is 18.2 Å². The minimum Gasteiger partial charge on any atom is -0.497 e. The Morgan fingerprint density at radius 1 is 1.56 bits per heavy atom. The topological polar surface area (TPSA) is 50.7 Å². The minimum atomic E-state index is -0.344. The lowest BCUT2D eigenvalue weighted by molar-refractivity contribution is 0.185. The summed E-state index contributed by atoms with van der Waals surface area (Å²) in [5.41, 5.74) is 1.12. The van der Waals surface area contributed by atoms with E-state index < -0.39 is 0 Å². The van der Waals surface area contributed by atoms with E-state index in [9.17, 15) is 5.11 Å². The molecule has 0 bridgehead atoms. The summed E-state index contributed by atoms with van der Waals surface area (Å²) in [5, 5.41) is 12.8. The molecule has 4 nitrogen and oxygen atoms in total. The van der Waals surface area contributed by atoms with E-state index in [0.29, 0.717) is 6.54 Å². The Hall–Kier alpha value is -1.26. The van der Waals surface area contributed by atoms with Gasteiger partial charge in [0.2, 0.25) is 0 Å². The first kappa shape index (κ1) is 13.2. The quantitative estimate of drug-likeness (QED) is 0.858. The SMILES string of the molecule is COc1ccc2c(c1)C(NCC(C)O)CCCO2. The van der Waals surface area contributed by atoms with Crippen LogP contribution >= 0.6 is 0 Å². The lowest BCUT2D eigenvalue weighted by Gasteiger charge is -2.20. The normalized spacial score (nSPS) is 20.5. The summed E-state index contributed by atoms with van der Waals surface area (Å²) in [4.78, 5) is 0. The van der Waals surface area contributed by atoms with Crippen LogP contribution in [0.4, 0.5) is 0 Å². The highest BCUT2D eigenvalue weighted by Crippen LogP contribution is 2.34. The Labute approximate surface area is 108 Å². The van der Waals surface area contributed by atoms with Crippen LogP contribution in [0.3, 0.4) is 0 Å². The Morgan fingerprint density at radius 3 is 3.11 bits per heavy atom. The molecule has 1 aromatic carbocycles. The molecule has 0 aliphatic carbocycles. The molecule has 2 atom stereocenters. The average molecular weight is 251 g/mol. The second-order valence-corrected chi connectivity index (χ2v) is 4.70. The van der Waals surface area contributed by atoms with Gasteiger partial charge >= 0.3 is 0 Å². The molecule has 1 aliphatic heterocycles. The van der Waals surface area contributed by atoms with Crippen LogP contribution in [0.15, 0.2) is 18.2 Å². The third-order valence-corrected chi connectivity index (χ3v) is 3.15.